The standard InChI is InChI=1S/C21H25ClN2O4/c1-26-20-14-17(21(25)23-8-9-24-10-12-27-13-11-24)4-7-19(20)28-15-16-2-5-18(22)6-3-16/h2-7,14H,8-13,15H2,1H3,(H,23,25). The smallest absolute Gasteiger partial charge is 0.251 e. The van der Waals surface area contributed by atoms with Gasteiger partial charge in [-0.15, -0.1) is 0 Å². The lowest BCUT2D eigenvalue weighted by Gasteiger charge is -2.26. The van der Waals surface area contributed by atoms with E-state index >= 15 is 0 Å². The molecule has 7 heteroatoms. The number of carbonyl (C=O) groups is 1. The number of halogens is 1. The lowest BCUT2D eigenvalue weighted by Crippen LogP contribution is -2.41. The molecule has 1 aliphatic heterocycles. The summed E-state index contributed by atoms with van der Waals surface area (Å²) in [7, 11) is 1.56. The molecule has 28 heavy (non-hydrogen) atoms. The second kappa shape index (κ2) is 10.3. The van der Waals surface area contributed by atoms with Gasteiger partial charge >= 0.3 is 0 Å². The number of amides is 1. The zero-order valence-corrected chi connectivity index (χ0v) is 16.7. The van der Waals surface area contributed by atoms with Crippen LogP contribution in [0.1, 0.15) is 15.9 Å². The quantitative estimate of drug-likeness (QED) is 0.733. The van der Waals surface area contributed by atoms with Crippen molar-refractivity contribution < 1.29 is 19.0 Å². The maximum absolute atomic E-state index is 12.4. The first-order chi connectivity index (χ1) is 13.7. The molecule has 0 radical (unpaired) electrons. The summed E-state index contributed by atoms with van der Waals surface area (Å²) in [5, 5.41) is 3.64. The number of benzene rings is 2. The van der Waals surface area contributed by atoms with E-state index in [-0.39, 0.29) is 5.91 Å². The Bertz CT molecular complexity index is 776. The summed E-state index contributed by atoms with van der Waals surface area (Å²) in [5.74, 6) is 0.980. The monoisotopic (exact) mass is 404 g/mol. The van der Waals surface area contributed by atoms with E-state index in [1.807, 2.05) is 24.3 Å². The lowest BCUT2D eigenvalue weighted by molar-refractivity contribution is 0.0383. The van der Waals surface area contributed by atoms with E-state index in [2.05, 4.69) is 10.2 Å². The molecular weight excluding hydrogens is 380 g/mol. The van der Waals surface area contributed by atoms with Crippen LogP contribution in [0.15, 0.2) is 42.5 Å². The number of morpholine rings is 1. The number of nitrogens with zero attached hydrogens (tertiary/aromatic N) is 1. The van der Waals surface area contributed by atoms with Crippen molar-refractivity contribution in [3.05, 3.63) is 58.6 Å². The molecule has 0 saturated carbocycles. The maximum atomic E-state index is 12.4. The van der Waals surface area contributed by atoms with E-state index < -0.39 is 0 Å². The highest BCUT2D eigenvalue weighted by Gasteiger charge is 2.13. The molecule has 150 valence electrons. The summed E-state index contributed by atoms with van der Waals surface area (Å²) < 4.78 is 16.6. The van der Waals surface area contributed by atoms with Gasteiger partial charge in [-0.25, -0.2) is 0 Å². The largest absolute Gasteiger partial charge is 0.493 e. The van der Waals surface area contributed by atoms with Gasteiger partial charge in [-0.1, -0.05) is 23.7 Å². The summed E-state index contributed by atoms with van der Waals surface area (Å²) in [4.78, 5) is 14.7. The zero-order valence-electron chi connectivity index (χ0n) is 15.9. The second-order valence-corrected chi connectivity index (χ2v) is 6.93. The van der Waals surface area contributed by atoms with Crippen LogP contribution in [0.3, 0.4) is 0 Å². The highest BCUT2D eigenvalue weighted by Crippen LogP contribution is 2.29. The van der Waals surface area contributed by atoms with E-state index in [4.69, 9.17) is 25.8 Å². The summed E-state index contributed by atoms with van der Waals surface area (Å²) in [5.41, 5.74) is 1.54. The molecule has 1 N–H and O–H groups in total. The topological polar surface area (TPSA) is 60.0 Å². The average molecular weight is 405 g/mol. The van der Waals surface area contributed by atoms with Crippen molar-refractivity contribution in [2.75, 3.05) is 46.5 Å². The molecule has 0 bridgehead atoms. The van der Waals surface area contributed by atoms with Crippen LogP contribution in [0.5, 0.6) is 11.5 Å². The molecule has 1 saturated heterocycles. The van der Waals surface area contributed by atoms with E-state index in [1.165, 1.54) is 0 Å². The molecular formula is C21H25ClN2O4. The molecule has 0 aromatic heterocycles. The summed E-state index contributed by atoms with van der Waals surface area (Å²) in [6.07, 6.45) is 0. The van der Waals surface area contributed by atoms with Crippen LogP contribution < -0.4 is 14.8 Å². The van der Waals surface area contributed by atoms with Crippen molar-refractivity contribution in [2.24, 2.45) is 0 Å². The number of carbonyl (C=O) groups excluding carboxylic acids is 1. The van der Waals surface area contributed by atoms with Gasteiger partial charge in [-0.05, 0) is 35.9 Å². The summed E-state index contributed by atoms with van der Waals surface area (Å²) in [6, 6.07) is 12.6. The second-order valence-electron chi connectivity index (χ2n) is 6.49. The zero-order chi connectivity index (χ0) is 19.8. The third kappa shape index (κ3) is 5.86. The van der Waals surface area contributed by atoms with Crippen LogP contribution in [0, 0.1) is 0 Å². The minimum atomic E-state index is -0.129. The molecule has 0 aliphatic carbocycles. The third-order valence-electron chi connectivity index (χ3n) is 4.55. The van der Waals surface area contributed by atoms with Gasteiger partial charge in [0.15, 0.2) is 11.5 Å². The molecule has 0 unspecified atom stereocenters. The van der Waals surface area contributed by atoms with Crippen molar-refractivity contribution in [3.8, 4) is 11.5 Å². The summed E-state index contributed by atoms with van der Waals surface area (Å²) >= 11 is 5.90. The maximum Gasteiger partial charge on any atom is 0.251 e. The SMILES string of the molecule is COc1cc(C(=O)NCCN2CCOCC2)ccc1OCc1ccc(Cl)cc1. The predicted octanol–water partition coefficient (Wildman–Crippen LogP) is 2.99. The molecule has 1 fully saturated rings. The summed E-state index contributed by atoms with van der Waals surface area (Å²) in [6.45, 7) is 5.11. The number of methoxy groups -OCH3 is 1. The van der Waals surface area contributed by atoms with Gasteiger partial charge in [0.25, 0.3) is 5.91 Å². The van der Waals surface area contributed by atoms with Crippen molar-refractivity contribution >= 4 is 17.5 Å². The fourth-order valence-corrected chi connectivity index (χ4v) is 3.05. The molecule has 0 atom stereocenters. The Morgan fingerprint density at radius 2 is 1.89 bits per heavy atom. The van der Waals surface area contributed by atoms with Gasteiger partial charge in [-0.3, -0.25) is 9.69 Å². The van der Waals surface area contributed by atoms with Gasteiger partial charge < -0.3 is 19.5 Å². The number of hydrogen-bond acceptors (Lipinski definition) is 5. The first-order valence-corrected chi connectivity index (χ1v) is 9.67. The van der Waals surface area contributed by atoms with E-state index in [1.54, 1.807) is 25.3 Å². The number of rotatable bonds is 8. The molecule has 3 rings (SSSR count). The average Bonchev–Trinajstić information content (AvgIpc) is 2.74. The number of hydrogen-bond donors (Lipinski definition) is 1. The Labute approximate surface area is 170 Å². The van der Waals surface area contributed by atoms with Crippen molar-refractivity contribution in [1.29, 1.82) is 0 Å². The minimum absolute atomic E-state index is 0.129. The van der Waals surface area contributed by atoms with Crippen molar-refractivity contribution in [2.45, 2.75) is 6.61 Å². The third-order valence-corrected chi connectivity index (χ3v) is 4.80. The van der Waals surface area contributed by atoms with Gasteiger partial charge in [0.05, 0.1) is 20.3 Å². The highest BCUT2D eigenvalue weighted by atomic mass is 35.5. The van der Waals surface area contributed by atoms with Gasteiger partial charge in [0.1, 0.15) is 6.61 Å². The number of nitrogens with one attached hydrogen (secondary N) is 1. The van der Waals surface area contributed by atoms with Crippen molar-refractivity contribution in [1.82, 2.24) is 10.2 Å². The highest BCUT2D eigenvalue weighted by molar-refractivity contribution is 6.30. The Morgan fingerprint density at radius 1 is 1.14 bits per heavy atom. The Morgan fingerprint density at radius 3 is 2.61 bits per heavy atom. The van der Waals surface area contributed by atoms with Gasteiger partial charge in [-0.2, -0.15) is 0 Å². The molecule has 1 amide bonds. The molecule has 2 aromatic carbocycles. The number of ether oxygens (including phenoxy) is 3. The van der Waals surface area contributed by atoms with Crippen LogP contribution >= 0.6 is 11.6 Å². The minimum Gasteiger partial charge on any atom is -0.493 e. The molecule has 0 spiro atoms. The lowest BCUT2D eigenvalue weighted by atomic mass is 10.2. The van der Waals surface area contributed by atoms with Crippen LogP contribution in [0.2, 0.25) is 5.02 Å². The van der Waals surface area contributed by atoms with E-state index in [9.17, 15) is 4.79 Å². The Kier molecular flexibility index (Phi) is 7.54. The first kappa shape index (κ1) is 20.5. The molecule has 2 aromatic rings. The molecule has 1 heterocycles. The van der Waals surface area contributed by atoms with Crippen LogP contribution in [0.25, 0.3) is 0 Å². The van der Waals surface area contributed by atoms with Crippen LogP contribution in [0.4, 0.5) is 0 Å². The first-order valence-electron chi connectivity index (χ1n) is 9.29. The predicted molar refractivity (Wildman–Crippen MR) is 108 cm³/mol. The van der Waals surface area contributed by atoms with Crippen molar-refractivity contribution in [3.63, 3.8) is 0 Å². The molecule has 6 nitrogen and oxygen atoms in total. The van der Waals surface area contributed by atoms with Crippen LogP contribution in [-0.4, -0.2) is 57.3 Å². The fourth-order valence-electron chi connectivity index (χ4n) is 2.92. The normalized spacial score (nSPS) is 14.5. The fraction of sp³-hybridized carbons (Fsp3) is 0.381. The Hall–Kier alpha value is -2.28. The molecule has 1 aliphatic rings. The Balaban J connectivity index is 1.53. The van der Waals surface area contributed by atoms with Gasteiger partial charge in [0.2, 0.25) is 0 Å². The van der Waals surface area contributed by atoms with Gasteiger partial charge in [0, 0.05) is 36.8 Å². The van der Waals surface area contributed by atoms with E-state index in [0.29, 0.717) is 35.2 Å². The van der Waals surface area contributed by atoms with Crippen LogP contribution in [-0.2, 0) is 11.3 Å². The van der Waals surface area contributed by atoms with E-state index in [0.717, 1.165) is 38.4 Å².